The highest BCUT2D eigenvalue weighted by atomic mass is 16.5. The molecule has 4 nitrogen and oxygen atoms in total. The van der Waals surface area contributed by atoms with Crippen molar-refractivity contribution < 1.29 is 14.6 Å². The Hall–Kier alpha value is -0.610. The third kappa shape index (κ3) is 5.94. The Labute approximate surface area is 85.9 Å². The van der Waals surface area contributed by atoms with E-state index in [-0.39, 0.29) is 18.0 Å². The first-order chi connectivity index (χ1) is 6.47. The van der Waals surface area contributed by atoms with Crippen LogP contribution in [-0.4, -0.2) is 48.8 Å². The van der Waals surface area contributed by atoms with Gasteiger partial charge in [-0.1, -0.05) is 6.92 Å². The van der Waals surface area contributed by atoms with Gasteiger partial charge in [0.1, 0.15) is 0 Å². The number of esters is 1. The van der Waals surface area contributed by atoms with Gasteiger partial charge in [-0.25, -0.2) is 0 Å². The topological polar surface area (TPSA) is 49.8 Å². The van der Waals surface area contributed by atoms with Crippen molar-refractivity contribution in [2.45, 2.75) is 26.9 Å². The lowest BCUT2D eigenvalue weighted by Gasteiger charge is -2.21. The van der Waals surface area contributed by atoms with E-state index in [4.69, 9.17) is 9.84 Å². The molecule has 2 unspecified atom stereocenters. The van der Waals surface area contributed by atoms with E-state index in [2.05, 4.69) is 0 Å². The van der Waals surface area contributed by atoms with Gasteiger partial charge in [0, 0.05) is 13.1 Å². The summed E-state index contributed by atoms with van der Waals surface area (Å²) in [6.45, 7) is 6.96. The van der Waals surface area contributed by atoms with Crippen molar-refractivity contribution in [3.8, 4) is 0 Å². The van der Waals surface area contributed by atoms with Crippen molar-refractivity contribution in [1.29, 1.82) is 0 Å². The zero-order valence-electron chi connectivity index (χ0n) is 9.49. The third-order valence-electron chi connectivity index (χ3n) is 1.85. The maximum absolute atomic E-state index is 11.3. The van der Waals surface area contributed by atoms with Gasteiger partial charge in [-0.2, -0.15) is 0 Å². The molecule has 0 fully saturated rings. The molecule has 14 heavy (non-hydrogen) atoms. The number of aliphatic hydroxyl groups excluding tert-OH is 1. The average molecular weight is 203 g/mol. The summed E-state index contributed by atoms with van der Waals surface area (Å²) in [6.07, 6.45) is -0.366. The third-order valence-corrected chi connectivity index (χ3v) is 1.85. The highest BCUT2D eigenvalue weighted by Gasteiger charge is 2.16. The Kier molecular flexibility index (Phi) is 6.49. The SMILES string of the molecule is CCOC(=O)C(C)CN(C)CC(C)O. The molecule has 2 atom stereocenters. The highest BCUT2D eigenvalue weighted by Crippen LogP contribution is 2.01. The summed E-state index contributed by atoms with van der Waals surface area (Å²) in [5, 5.41) is 9.12. The van der Waals surface area contributed by atoms with Gasteiger partial charge in [0.05, 0.1) is 18.6 Å². The Morgan fingerprint density at radius 2 is 2.00 bits per heavy atom. The summed E-state index contributed by atoms with van der Waals surface area (Å²) in [5.41, 5.74) is 0. The fourth-order valence-corrected chi connectivity index (χ4v) is 1.35. The van der Waals surface area contributed by atoms with E-state index in [9.17, 15) is 4.79 Å². The van der Waals surface area contributed by atoms with Crippen LogP contribution in [-0.2, 0) is 9.53 Å². The van der Waals surface area contributed by atoms with Gasteiger partial charge < -0.3 is 14.7 Å². The number of carbonyl (C=O) groups is 1. The number of ether oxygens (including phenoxy) is 1. The molecule has 0 rings (SSSR count). The van der Waals surface area contributed by atoms with E-state index in [0.717, 1.165) is 0 Å². The number of hydrogen-bond donors (Lipinski definition) is 1. The number of likely N-dealkylation sites (N-methyl/N-ethyl adjacent to an activating group) is 1. The van der Waals surface area contributed by atoms with Crippen LogP contribution in [0, 0.1) is 5.92 Å². The minimum atomic E-state index is -0.366. The van der Waals surface area contributed by atoms with Crippen LogP contribution in [0.15, 0.2) is 0 Å². The molecule has 1 N–H and O–H groups in total. The summed E-state index contributed by atoms with van der Waals surface area (Å²) < 4.78 is 4.88. The van der Waals surface area contributed by atoms with Gasteiger partial charge in [-0.3, -0.25) is 4.79 Å². The Morgan fingerprint density at radius 3 is 2.43 bits per heavy atom. The quantitative estimate of drug-likeness (QED) is 0.639. The highest BCUT2D eigenvalue weighted by molar-refractivity contribution is 5.72. The first-order valence-electron chi connectivity index (χ1n) is 5.00. The molecule has 0 aliphatic heterocycles. The van der Waals surface area contributed by atoms with E-state index < -0.39 is 0 Å². The fraction of sp³-hybridized carbons (Fsp3) is 0.900. The Balaban J connectivity index is 3.80. The number of nitrogens with zero attached hydrogens (tertiary/aromatic N) is 1. The van der Waals surface area contributed by atoms with E-state index in [1.165, 1.54) is 0 Å². The second-order valence-corrected chi connectivity index (χ2v) is 3.72. The van der Waals surface area contributed by atoms with Crippen molar-refractivity contribution in [2.75, 3.05) is 26.7 Å². The van der Waals surface area contributed by atoms with Crippen LogP contribution in [0.3, 0.4) is 0 Å². The molecular formula is C10H21NO3. The molecule has 0 aliphatic carbocycles. The van der Waals surface area contributed by atoms with Crippen LogP contribution in [0.1, 0.15) is 20.8 Å². The number of hydrogen-bond acceptors (Lipinski definition) is 4. The Bertz CT molecular complexity index is 171. The molecule has 0 bridgehead atoms. The lowest BCUT2D eigenvalue weighted by atomic mass is 10.1. The first-order valence-corrected chi connectivity index (χ1v) is 5.00. The zero-order chi connectivity index (χ0) is 11.1. The lowest BCUT2D eigenvalue weighted by molar-refractivity contribution is -0.148. The maximum atomic E-state index is 11.3. The summed E-state index contributed by atoms with van der Waals surface area (Å²) >= 11 is 0. The van der Waals surface area contributed by atoms with Crippen molar-refractivity contribution >= 4 is 5.97 Å². The molecule has 84 valence electrons. The summed E-state index contributed by atoms with van der Waals surface area (Å²) in [5.74, 6) is -0.316. The number of rotatable bonds is 6. The maximum Gasteiger partial charge on any atom is 0.309 e. The van der Waals surface area contributed by atoms with Crippen LogP contribution in [0.4, 0.5) is 0 Å². The van der Waals surface area contributed by atoms with Gasteiger partial charge >= 0.3 is 5.97 Å². The second kappa shape index (κ2) is 6.79. The monoisotopic (exact) mass is 203 g/mol. The molecule has 0 amide bonds. The normalized spacial score (nSPS) is 15.3. The molecule has 0 spiro atoms. The van der Waals surface area contributed by atoms with Crippen LogP contribution in [0.25, 0.3) is 0 Å². The molecule has 0 aromatic carbocycles. The predicted octanol–water partition coefficient (Wildman–Crippen LogP) is 0.498. The smallest absolute Gasteiger partial charge is 0.309 e. The summed E-state index contributed by atoms with van der Waals surface area (Å²) in [7, 11) is 1.88. The Morgan fingerprint density at radius 1 is 1.43 bits per heavy atom. The summed E-state index contributed by atoms with van der Waals surface area (Å²) in [6, 6.07) is 0. The van der Waals surface area contributed by atoms with Crippen LogP contribution >= 0.6 is 0 Å². The minimum Gasteiger partial charge on any atom is -0.466 e. The van der Waals surface area contributed by atoms with E-state index in [1.807, 2.05) is 18.9 Å². The van der Waals surface area contributed by atoms with Gasteiger partial charge in [0.25, 0.3) is 0 Å². The van der Waals surface area contributed by atoms with Crippen molar-refractivity contribution in [1.82, 2.24) is 4.90 Å². The molecule has 0 aromatic rings. The van der Waals surface area contributed by atoms with E-state index >= 15 is 0 Å². The van der Waals surface area contributed by atoms with Gasteiger partial charge in [0.2, 0.25) is 0 Å². The summed E-state index contributed by atoms with van der Waals surface area (Å²) in [4.78, 5) is 13.2. The number of carbonyl (C=O) groups excluding carboxylic acids is 1. The number of aliphatic hydroxyl groups is 1. The fourth-order valence-electron chi connectivity index (χ4n) is 1.35. The van der Waals surface area contributed by atoms with E-state index in [0.29, 0.717) is 19.7 Å². The molecule has 0 saturated heterocycles. The molecule has 0 aliphatic rings. The average Bonchev–Trinajstić information content (AvgIpc) is 2.02. The molecule has 0 aromatic heterocycles. The van der Waals surface area contributed by atoms with Crippen LogP contribution < -0.4 is 0 Å². The van der Waals surface area contributed by atoms with E-state index in [1.54, 1.807) is 13.8 Å². The molecule has 0 heterocycles. The molecular weight excluding hydrogens is 182 g/mol. The molecule has 0 radical (unpaired) electrons. The second-order valence-electron chi connectivity index (χ2n) is 3.72. The molecule has 0 saturated carbocycles. The predicted molar refractivity (Wildman–Crippen MR) is 55.0 cm³/mol. The van der Waals surface area contributed by atoms with Crippen molar-refractivity contribution in [2.24, 2.45) is 5.92 Å². The van der Waals surface area contributed by atoms with Crippen molar-refractivity contribution in [3.63, 3.8) is 0 Å². The van der Waals surface area contributed by atoms with Gasteiger partial charge in [-0.05, 0) is 20.9 Å². The minimum absolute atomic E-state index is 0.140. The lowest BCUT2D eigenvalue weighted by Crippen LogP contribution is -2.34. The largest absolute Gasteiger partial charge is 0.466 e. The van der Waals surface area contributed by atoms with Gasteiger partial charge in [0.15, 0.2) is 0 Å². The van der Waals surface area contributed by atoms with Crippen LogP contribution in [0.2, 0.25) is 0 Å². The van der Waals surface area contributed by atoms with Gasteiger partial charge in [-0.15, -0.1) is 0 Å². The first kappa shape index (κ1) is 13.4. The molecule has 4 heteroatoms. The zero-order valence-corrected chi connectivity index (χ0v) is 9.49. The van der Waals surface area contributed by atoms with Crippen LogP contribution in [0.5, 0.6) is 0 Å². The standard InChI is InChI=1S/C10H21NO3/c1-5-14-10(13)8(2)6-11(4)7-9(3)12/h8-9,12H,5-7H2,1-4H3. The van der Waals surface area contributed by atoms with Crippen molar-refractivity contribution in [3.05, 3.63) is 0 Å².